The van der Waals surface area contributed by atoms with Crippen LogP contribution in [0.1, 0.15) is 36.8 Å². The number of Topliss-reactive ketones (excluding diaryl/α,β-unsaturated/α-hetero) is 1. The van der Waals surface area contributed by atoms with Crippen LogP contribution in [0, 0.1) is 5.92 Å². The quantitative estimate of drug-likeness (QED) is 0.838. The van der Waals surface area contributed by atoms with Gasteiger partial charge in [-0.25, -0.2) is 0 Å². The van der Waals surface area contributed by atoms with Crippen LogP contribution < -0.4 is 9.47 Å². The maximum atomic E-state index is 12.5. The van der Waals surface area contributed by atoms with Crippen LogP contribution in [0.5, 0.6) is 11.5 Å². The Morgan fingerprint density at radius 1 is 1.09 bits per heavy atom. The molecule has 1 aromatic rings. The highest BCUT2D eigenvalue weighted by atomic mass is 16.5. The first-order chi connectivity index (χ1) is 11.1. The maximum absolute atomic E-state index is 12.5. The van der Waals surface area contributed by atoms with Gasteiger partial charge in [-0.1, -0.05) is 0 Å². The van der Waals surface area contributed by atoms with Crippen molar-refractivity contribution in [3.63, 3.8) is 0 Å². The van der Waals surface area contributed by atoms with Crippen molar-refractivity contribution in [3.05, 3.63) is 23.3 Å². The van der Waals surface area contributed by atoms with Crippen molar-refractivity contribution in [2.24, 2.45) is 5.92 Å². The lowest BCUT2D eigenvalue weighted by Gasteiger charge is -2.49. The van der Waals surface area contributed by atoms with Gasteiger partial charge >= 0.3 is 0 Å². The van der Waals surface area contributed by atoms with Crippen molar-refractivity contribution in [2.75, 3.05) is 20.8 Å². The van der Waals surface area contributed by atoms with Crippen molar-refractivity contribution in [2.45, 2.75) is 37.6 Å². The smallest absolute Gasteiger partial charge is 0.223 e. The van der Waals surface area contributed by atoms with E-state index in [-0.39, 0.29) is 23.1 Å². The van der Waals surface area contributed by atoms with Gasteiger partial charge in [0.1, 0.15) is 5.78 Å². The van der Waals surface area contributed by atoms with Gasteiger partial charge in [-0.05, 0) is 36.1 Å². The number of rotatable bonds is 2. The zero-order valence-corrected chi connectivity index (χ0v) is 13.6. The summed E-state index contributed by atoms with van der Waals surface area (Å²) in [7, 11) is 3.27. The van der Waals surface area contributed by atoms with Crippen LogP contribution in [0.25, 0.3) is 0 Å². The summed E-state index contributed by atoms with van der Waals surface area (Å²) in [6.07, 6.45) is 3.10. The Morgan fingerprint density at radius 3 is 2.57 bits per heavy atom. The summed E-state index contributed by atoms with van der Waals surface area (Å²) >= 11 is 0. The summed E-state index contributed by atoms with van der Waals surface area (Å²) in [5, 5.41) is 0. The first-order valence-corrected chi connectivity index (χ1v) is 8.17. The number of ketones is 1. The maximum Gasteiger partial charge on any atom is 0.223 e. The average Bonchev–Trinajstić information content (AvgIpc) is 2.85. The van der Waals surface area contributed by atoms with Gasteiger partial charge in [-0.15, -0.1) is 0 Å². The van der Waals surface area contributed by atoms with Crippen LogP contribution in [0.3, 0.4) is 0 Å². The molecule has 1 saturated carbocycles. The Labute approximate surface area is 135 Å². The van der Waals surface area contributed by atoms with Crippen LogP contribution in [-0.2, 0) is 21.5 Å². The van der Waals surface area contributed by atoms with E-state index in [2.05, 4.69) is 0 Å². The van der Waals surface area contributed by atoms with Crippen LogP contribution in [0.4, 0.5) is 0 Å². The van der Waals surface area contributed by atoms with Crippen molar-refractivity contribution < 1.29 is 19.1 Å². The molecule has 4 rings (SSSR count). The van der Waals surface area contributed by atoms with Gasteiger partial charge in [0.25, 0.3) is 0 Å². The Kier molecular flexibility index (Phi) is 3.15. The lowest BCUT2D eigenvalue weighted by Crippen LogP contribution is -2.53. The molecule has 2 aliphatic heterocycles. The molecule has 5 heteroatoms. The molecule has 2 heterocycles. The number of ether oxygens (including phenoxy) is 2. The van der Waals surface area contributed by atoms with Crippen molar-refractivity contribution in [3.8, 4) is 11.5 Å². The fourth-order valence-electron chi connectivity index (χ4n) is 4.81. The van der Waals surface area contributed by atoms with E-state index in [1.165, 1.54) is 5.56 Å². The molecule has 1 spiro atoms. The highest BCUT2D eigenvalue weighted by Crippen LogP contribution is 2.55. The van der Waals surface area contributed by atoms with E-state index < -0.39 is 0 Å². The second-order valence-electron chi connectivity index (χ2n) is 6.73. The Morgan fingerprint density at radius 2 is 1.83 bits per heavy atom. The third-order valence-electron chi connectivity index (χ3n) is 5.82. The fraction of sp³-hybridized carbons (Fsp3) is 0.556. The first kappa shape index (κ1) is 14.5. The fourth-order valence-corrected chi connectivity index (χ4v) is 4.81. The van der Waals surface area contributed by atoms with Crippen molar-refractivity contribution in [1.29, 1.82) is 0 Å². The Bertz CT molecular complexity index is 699. The van der Waals surface area contributed by atoms with Crippen molar-refractivity contribution >= 4 is 11.7 Å². The molecule has 5 nitrogen and oxygen atoms in total. The average molecular weight is 315 g/mol. The van der Waals surface area contributed by atoms with Gasteiger partial charge in [0.2, 0.25) is 5.91 Å². The number of amides is 1. The number of carbonyl (C=O) groups excluding carboxylic acids is 2. The SMILES string of the molecule is COc1cc2c(cc1OC)[C@]13CCC(=O)C[C@H]1CC(=O)N3CC2. The molecular weight excluding hydrogens is 294 g/mol. The molecular formula is C18H21NO4. The van der Waals surface area contributed by atoms with E-state index in [1.54, 1.807) is 14.2 Å². The predicted octanol–water partition coefficient (Wildman–Crippen LogP) is 2.06. The van der Waals surface area contributed by atoms with Crippen LogP contribution in [0.2, 0.25) is 0 Å². The van der Waals surface area contributed by atoms with Gasteiger partial charge in [-0.3, -0.25) is 9.59 Å². The molecule has 0 aromatic heterocycles. The second kappa shape index (κ2) is 4.98. The summed E-state index contributed by atoms with van der Waals surface area (Å²) in [5.41, 5.74) is 2.05. The molecule has 0 N–H and O–H groups in total. The molecule has 0 radical (unpaired) electrons. The summed E-state index contributed by atoms with van der Waals surface area (Å²) in [4.78, 5) is 26.5. The number of methoxy groups -OCH3 is 2. The third kappa shape index (κ3) is 1.85. The van der Waals surface area contributed by atoms with Gasteiger partial charge in [0, 0.05) is 31.7 Å². The number of benzene rings is 1. The largest absolute Gasteiger partial charge is 0.493 e. The minimum atomic E-state index is -0.321. The highest BCUT2D eigenvalue weighted by molar-refractivity contribution is 5.87. The standard InChI is InChI=1S/C18H21NO4/c1-22-15-7-11-4-6-19-17(21)9-12-8-13(20)3-5-18(12,19)14(11)10-16(15)23-2/h7,10,12H,3-6,8-9H2,1-2H3/t12-,18-/m0/s1. The molecule has 1 aromatic carbocycles. The first-order valence-electron chi connectivity index (χ1n) is 8.17. The zero-order chi connectivity index (χ0) is 16.2. The highest BCUT2D eigenvalue weighted by Gasteiger charge is 2.57. The Balaban J connectivity index is 1.91. The van der Waals surface area contributed by atoms with E-state index >= 15 is 0 Å². The minimum Gasteiger partial charge on any atom is -0.493 e. The lowest BCUT2D eigenvalue weighted by atomic mass is 9.66. The molecule has 0 unspecified atom stereocenters. The molecule has 23 heavy (non-hydrogen) atoms. The molecule has 1 aliphatic carbocycles. The molecule has 3 aliphatic rings. The van der Waals surface area contributed by atoms with Gasteiger partial charge in [0.15, 0.2) is 11.5 Å². The molecule has 2 fully saturated rings. The summed E-state index contributed by atoms with van der Waals surface area (Å²) in [6, 6.07) is 4.07. The zero-order valence-electron chi connectivity index (χ0n) is 13.6. The van der Waals surface area contributed by atoms with Crippen LogP contribution >= 0.6 is 0 Å². The topological polar surface area (TPSA) is 55.8 Å². The van der Waals surface area contributed by atoms with E-state index in [1.807, 2.05) is 17.0 Å². The molecule has 1 amide bonds. The van der Waals surface area contributed by atoms with Gasteiger partial charge in [0.05, 0.1) is 19.8 Å². The number of hydrogen-bond acceptors (Lipinski definition) is 4. The molecule has 1 saturated heterocycles. The summed E-state index contributed by atoms with van der Waals surface area (Å²) < 4.78 is 10.9. The second-order valence-corrected chi connectivity index (χ2v) is 6.73. The summed E-state index contributed by atoms with van der Waals surface area (Å²) in [6.45, 7) is 0.728. The van der Waals surface area contributed by atoms with Gasteiger partial charge < -0.3 is 14.4 Å². The van der Waals surface area contributed by atoms with Gasteiger partial charge in [-0.2, -0.15) is 0 Å². The van der Waals surface area contributed by atoms with Crippen LogP contribution in [0.15, 0.2) is 12.1 Å². The third-order valence-corrected chi connectivity index (χ3v) is 5.82. The summed E-state index contributed by atoms with van der Waals surface area (Å²) in [5.74, 6) is 1.97. The van der Waals surface area contributed by atoms with Crippen molar-refractivity contribution in [1.82, 2.24) is 4.90 Å². The van der Waals surface area contributed by atoms with E-state index in [4.69, 9.17) is 9.47 Å². The van der Waals surface area contributed by atoms with Crippen LogP contribution in [-0.4, -0.2) is 37.4 Å². The number of nitrogens with zero attached hydrogens (tertiary/aromatic N) is 1. The number of hydrogen-bond donors (Lipinski definition) is 0. The number of carbonyl (C=O) groups is 2. The monoisotopic (exact) mass is 315 g/mol. The number of fused-ring (bicyclic) bond motifs is 1. The lowest BCUT2D eigenvalue weighted by molar-refractivity contribution is -0.134. The minimum absolute atomic E-state index is 0.0911. The normalized spacial score (nSPS) is 29.0. The molecule has 122 valence electrons. The predicted molar refractivity (Wildman–Crippen MR) is 83.6 cm³/mol. The van der Waals surface area contributed by atoms with E-state index in [0.29, 0.717) is 25.0 Å². The van der Waals surface area contributed by atoms with E-state index in [9.17, 15) is 9.59 Å². The molecule has 0 bridgehead atoms. The van der Waals surface area contributed by atoms with E-state index in [0.717, 1.165) is 30.7 Å². The molecule has 2 atom stereocenters. The Hall–Kier alpha value is -2.04.